The largest absolute Gasteiger partial charge is 0.481 e. The summed E-state index contributed by atoms with van der Waals surface area (Å²) in [6.07, 6.45) is 1.20. The molecule has 0 aliphatic carbocycles. The Morgan fingerprint density at radius 1 is 1.44 bits per heavy atom. The molecule has 1 heterocycles. The van der Waals surface area contributed by atoms with Gasteiger partial charge in [0.15, 0.2) is 0 Å². The highest BCUT2D eigenvalue weighted by molar-refractivity contribution is 7.99. The third-order valence-electron chi connectivity index (χ3n) is 2.93. The van der Waals surface area contributed by atoms with Crippen LogP contribution in [0.4, 0.5) is 0 Å². The number of methoxy groups -OCH3 is 1. The Morgan fingerprint density at radius 2 is 2.28 bits per heavy atom. The number of carboxylic acids is 1. The smallest absolute Gasteiger partial charge is 0.304 e. The van der Waals surface area contributed by atoms with Gasteiger partial charge < -0.3 is 14.6 Å². The quantitative estimate of drug-likeness (QED) is 0.633. The predicted octanol–water partition coefficient (Wildman–Crippen LogP) is 0.932. The Labute approximate surface area is 113 Å². The molecule has 6 heteroatoms. The summed E-state index contributed by atoms with van der Waals surface area (Å²) in [5, 5.41) is 8.88. The second-order valence-corrected chi connectivity index (χ2v) is 5.47. The number of hydrogen-bond donors (Lipinski definition) is 1. The third-order valence-corrected chi connectivity index (χ3v) is 4.02. The van der Waals surface area contributed by atoms with Crippen LogP contribution in [0.5, 0.6) is 0 Å². The average Bonchev–Trinajstić information content (AvgIpc) is 2.35. The van der Waals surface area contributed by atoms with Crippen LogP contribution in [0.15, 0.2) is 0 Å². The first-order chi connectivity index (χ1) is 8.74. The molecule has 1 aliphatic heterocycles. The van der Waals surface area contributed by atoms with Crippen LogP contribution in [0.2, 0.25) is 0 Å². The molecule has 18 heavy (non-hydrogen) atoms. The first-order valence-corrected chi connectivity index (χ1v) is 7.49. The van der Waals surface area contributed by atoms with Crippen LogP contribution < -0.4 is 0 Å². The van der Waals surface area contributed by atoms with Crippen LogP contribution in [0.1, 0.15) is 12.8 Å². The molecule has 5 nitrogen and oxygen atoms in total. The summed E-state index contributed by atoms with van der Waals surface area (Å²) in [7, 11) is 1.66. The van der Waals surface area contributed by atoms with Gasteiger partial charge in [-0.25, -0.2) is 0 Å². The van der Waals surface area contributed by atoms with Gasteiger partial charge in [-0.1, -0.05) is 0 Å². The molecule has 1 N–H and O–H groups in total. The lowest BCUT2D eigenvalue weighted by Gasteiger charge is -2.34. The zero-order valence-electron chi connectivity index (χ0n) is 11.0. The highest BCUT2D eigenvalue weighted by atomic mass is 32.2. The summed E-state index contributed by atoms with van der Waals surface area (Å²) >= 11 is 1.85. The van der Waals surface area contributed by atoms with Gasteiger partial charge in [-0.05, 0) is 6.42 Å². The molecule has 1 rings (SSSR count). The Morgan fingerprint density at radius 3 is 3.00 bits per heavy atom. The van der Waals surface area contributed by atoms with E-state index in [2.05, 4.69) is 4.90 Å². The van der Waals surface area contributed by atoms with Gasteiger partial charge in [-0.3, -0.25) is 9.69 Å². The van der Waals surface area contributed by atoms with Gasteiger partial charge >= 0.3 is 5.97 Å². The van der Waals surface area contributed by atoms with E-state index in [1.54, 1.807) is 7.11 Å². The van der Waals surface area contributed by atoms with E-state index in [1.165, 1.54) is 0 Å². The van der Waals surface area contributed by atoms with Gasteiger partial charge in [0, 0.05) is 44.4 Å². The number of aliphatic carboxylic acids is 1. The van der Waals surface area contributed by atoms with Crippen LogP contribution in [0, 0.1) is 0 Å². The molecule has 1 saturated heterocycles. The van der Waals surface area contributed by atoms with Crippen LogP contribution in [0.25, 0.3) is 0 Å². The number of ether oxygens (including phenoxy) is 2. The fourth-order valence-electron chi connectivity index (χ4n) is 1.99. The SMILES string of the molecule is COCCOCCCN1CCSCC1CC(=O)O. The van der Waals surface area contributed by atoms with Crippen molar-refractivity contribution < 1.29 is 19.4 Å². The molecular weight excluding hydrogens is 254 g/mol. The molecule has 1 aliphatic rings. The van der Waals surface area contributed by atoms with E-state index in [0.29, 0.717) is 19.8 Å². The fraction of sp³-hybridized carbons (Fsp3) is 0.917. The first kappa shape index (κ1) is 15.8. The molecule has 1 fully saturated rings. The summed E-state index contributed by atoms with van der Waals surface area (Å²) in [4.78, 5) is 13.1. The average molecular weight is 277 g/mol. The molecule has 0 radical (unpaired) electrons. The number of rotatable bonds is 9. The molecule has 106 valence electrons. The van der Waals surface area contributed by atoms with Crippen molar-refractivity contribution in [3.05, 3.63) is 0 Å². The molecule has 0 bridgehead atoms. The van der Waals surface area contributed by atoms with Crippen molar-refractivity contribution in [2.45, 2.75) is 18.9 Å². The van der Waals surface area contributed by atoms with Gasteiger partial charge in [-0.15, -0.1) is 0 Å². The van der Waals surface area contributed by atoms with Gasteiger partial charge in [0.2, 0.25) is 0 Å². The van der Waals surface area contributed by atoms with E-state index in [9.17, 15) is 4.79 Å². The second-order valence-electron chi connectivity index (χ2n) is 4.32. The summed E-state index contributed by atoms with van der Waals surface area (Å²) in [6.45, 7) is 3.88. The van der Waals surface area contributed by atoms with Crippen LogP contribution in [0.3, 0.4) is 0 Å². The maximum Gasteiger partial charge on any atom is 0.304 e. The van der Waals surface area contributed by atoms with Crippen molar-refractivity contribution in [1.82, 2.24) is 4.90 Å². The van der Waals surface area contributed by atoms with E-state index < -0.39 is 5.97 Å². The van der Waals surface area contributed by atoms with Crippen molar-refractivity contribution in [3.8, 4) is 0 Å². The van der Waals surface area contributed by atoms with Gasteiger partial charge in [0.1, 0.15) is 0 Å². The molecule has 0 saturated carbocycles. The normalized spacial score (nSPS) is 21.1. The summed E-state index contributed by atoms with van der Waals surface area (Å²) in [6, 6.07) is 0.181. The molecule has 0 spiro atoms. The number of nitrogens with zero attached hydrogens (tertiary/aromatic N) is 1. The molecule has 0 aromatic carbocycles. The van der Waals surface area contributed by atoms with Crippen molar-refractivity contribution in [3.63, 3.8) is 0 Å². The zero-order valence-corrected chi connectivity index (χ0v) is 11.8. The van der Waals surface area contributed by atoms with E-state index in [-0.39, 0.29) is 12.5 Å². The molecule has 0 amide bonds. The van der Waals surface area contributed by atoms with Crippen LogP contribution >= 0.6 is 11.8 Å². The molecule has 1 unspecified atom stereocenters. The predicted molar refractivity (Wildman–Crippen MR) is 72.3 cm³/mol. The minimum atomic E-state index is -0.705. The highest BCUT2D eigenvalue weighted by Crippen LogP contribution is 2.19. The van der Waals surface area contributed by atoms with E-state index in [1.807, 2.05) is 11.8 Å². The summed E-state index contributed by atoms with van der Waals surface area (Å²) in [5.41, 5.74) is 0. The first-order valence-electron chi connectivity index (χ1n) is 6.34. The minimum absolute atomic E-state index is 0.181. The Balaban J connectivity index is 2.15. The van der Waals surface area contributed by atoms with Crippen molar-refractivity contribution in [1.29, 1.82) is 0 Å². The zero-order chi connectivity index (χ0) is 13.2. The lowest BCUT2D eigenvalue weighted by molar-refractivity contribution is -0.138. The monoisotopic (exact) mass is 277 g/mol. The lowest BCUT2D eigenvalue weighted by atomic mass is 10.2. The number of thioether (sulfide) groups is 1. The Hall–Kier alpha value is -0.300. The number of carbonyl (C=O) groups is 1. The van der Waals surface area contributed by atoms with Gasteiger partial charge in [0.25, 0.3) is 0 Å². The second kappa shape index (κ2) is 9.61. The molecule has 0 aromatic rings. The molecule has 1 atom stereocenters. The van der Waals surface area contributed by atoms with Gasteiger partial charge in [-0.2, -0.15) is 11.8 Å². The van der Waals surface area contributed by atoms with E-state index >= 15 is 0 Å². The van der Waals surface area contributed by atoms with Crippen LogP contribution in [-0.2, 0) is 14.3 Å². The maximum atomic E-state index is 10.8. The minimum Gasteiger partial charge on any atom is -0.481 e. The summed E-state index contributed by atoms with van der Waals surface area (Å²) < 4.78 is 10.3. The van der Waals surface area contributed by atoms with Crippen molar-refractivity contribution in [2.75, 3.05) is 51.5 Å². The van der Waals surface area contributed by atoms with E-state index in [4.69, 9.17) is 14.6 Å². The highest BCUT2D eigenvalue weighted by Gasteiger charge is 2.24. The Kier molecular flexibility index (Phi) is 8.41. The Bertz CT molecular complexity index is 240. The summed E-state index contributed by atoms with van der Waals surface area (Å²) in [5.74, 6) is 1.32. The fourth-order valence-corrected chi connectivity index (χ4v) is 3.12. The van der Waals surface area contributed by atoms with Gasteiger partial charge in [0.05, 0.1) is 19.6 Å². The van der Waals surface area contributed by atoms with Crippen molar-refractivity contribution in [2.24, 2.45) is 0 Å². The topological polar surface area (TPSA) is 59.0 Å². The molecule has 0 aromatic heterocycles. The third kappa shape index (κ3) is 6.58. The maximum absolute atomic E-state index is 10.8. The van der Waals surface area contributed by atoms with Crippen LogP contribution in [-0.4, -0.2) is 73.5 Å². The number of carboxylic acid groups (broad SMARTS) is 1. The van der Waals surface area contributed by atoms with E-state index in [0.717, 1.165) is 31.0 Å². The standard InChI is InChI=1S/C12H23NO4S/c1-16-6-7-17-5-2-3-13-4-8-18-10-11(13)9-12(14)15/h11H,2-10H2,1H3,(H,14,15). The molecular formula is C12H23NO4S. The number of hydrogen-bond acceptors (Lipinski definition) is 5. The lowest BCUT2D eigenvalue weighted by Crippen LogP contribution is -2.44. The van der Waals surface area contributed by atoms with Crippen molar-refractivity contribution >= 4 is 17.7 Å².